The molecule has 0 saturated carbocycles. The molecule has 0 fully saturated rings. The van der Waals surface area contributed by atoms with E-state index in [1.165, 1.54) is 62.8 Å². The standard InChI is InChI=1S/C26H32F4O4/c1-2-3-4-5-6-7-8-9-18-32-21-12-10-20(11-13-21)24(31)34-23-16-14-22(15-17-23)33-19-26(29,30)25(27)28/h10-17,25H,2-9,18-19H2,1H3. The summed E-state index contributed by atoms with van der Waals surface area (Å²) in [6, 6.07) is 11.7. The number of hydrogen-bond acceptors (Lipinski definition) is 4. The third-order valence-corrected chi connectivity index (χ3v) is 5.14. The molecular formula is C26H32F4O4. The van der Waals surface area contributed by atoms with E-state index in [-0.39, 0.29) is 11.5 Å². The summed E-state index contributed by atoms with van der Waals surface area (Å²) in [4.78, 5) is 12.3. The Labute approximate surface area is 198 Å². The van der Waals surface area contributed by atoms with E-state index in [0.717, 1.165) is 12.8 Å². The van der Waals surface area contributed by atoms with Crippen molar-refractivity contribution < 1.29 is 36.6 Å². The molecule has 2 aromatic rings. The van der Waals surface area contributed by atoms with Crippen LogP contribution in [-0.4, -0.2) is 31.5 Å². The quantitative estimate of drug-likeness (QED) is 0.106. The molecule has 0 N–H and O–H groups in total. The van der Waals surface area contributed by atoms with Gasteiger partial charge in [-0.1, -0.05) is 51.9 Å². The van der Waals surface area contributed by atoms with Crippen molar-refractivity contribution >= 4 is 5.97 Å². The maximum atomic E-state index is 12.9. The van der Waals surface area contributed by atoms with Crippen LogP contribution in [0.1, 0.15) is 68.6 Å². The van der Waals surface area contributed by atoms with Gasteiger partial charge in [-0.3, -0.25) is 0 Å². The molecule has 0 radical (unpaired) electrons. The first kappa shape index (κ1) is 27.5. The Kier molecular flexibility index (Phi) is 11.7. The number of benzene rings is 2. The summed E-state index contributed by atoms with van der Waals surface area (Å²) in [5, 5.41) is 0. The van der Waals surface area contributed by atoms with Gasteiger partial charge in [-0.05, 0) is 55.0 Å². The Morgan fingerprint density at radius 2 is 1.26 bits per heavy atom. The Morgan fingerprint density at radius 3 is 1.85 bits per heavy atom. The summed E-state index contributed by atoms with van der Waals surface area (Å²) in [6.45, 7) is 1.38. The zero-order valence-corrected chi connectivity index (χ0v) is 19.4. The molecule has 2 aromatic carbocycles. The maximum absolute atomic E-state index is 12.9. The third-order valence-electron chi connectivity index (χ3n) is 5.14. The predicted molar refractivity (Wildman–Crippen MR) is 122 cm³/mol. The van der Waals surface area contributed by atoms with Gasteiger partial charge in [-0.15, -0.1) is 0 Å². The van der Waals surface area contributed by atoms with Gasteiger partial charge in [0.1, 0.15) is 17.2 Å². The van der Waals surface area contributed by atoms with Crippen molar-refractivity contribution in [2.75, 3.05) is 13.2 Å². The maximum Gasteiger partial charge on any atom is 0.343 e. The molecule has 0 atom stereocenters. The second-order valence-corrected chi connectivity index (χ2v) is 8.06. The lowest BCUT2D eigenvalue weighted by atomic mass is 10.1. The number of halogens is 4. The Bertz CT molecular complexity index is 839. The Morgan fingerprint density at radius 1 is 0.765 bits per heavy atom. The molecule has 4 nitrogen and oxygen atoms in total. The summed E-state index contributed by atoms with van der Waals surface area (Å²) < 4.78 is 65.8. The number of hydrogen-bond donors (Lipinski definition) is 0. The van der Waals surface area contributed by atoms with Crippen LogP contribution in [0.3, 0.4) is 0 Å². The SMILES string of the molecule is CCCCCCCCCCOc1ccc(C(=O)Oc2ccc(OCC(F)(F)C(F)F)cc2)cc1. The summed E-state index contributed by atoms with van der Waals surface area (Å²) in [7, 11) is 0. The smallest absolute Gasteiger partial charge is 0.343 e. The number of carbonyl (C=O) groups excluding carboxylic acids is 1. The minimum atomic E-state index is -4.24. The first-order valence-corrected chi connectivity index (χ1v) is 11.7. The normalized spacial score (nSPS) is 11.5. The van der Waals surface area contributed by atoms with Gasteiger partial charge < -0.3 is 14.2 Å². The molecule has 0 bridgehead atoms. The minimum absolute atomic E-state index is 0.0434. The predicted octanol–water partition coefficient (Wildman–Crippen LogP) is 7.70. The molecule has 34 heavy (non-hydrogen) atoms. The second kappa shape index (κ2) is 14.5. The molecule has 0 unspecified atom stereocenters. The molecule has 0 saturated heterocycles. The highest BCUT2D eigenvalue weighted by Gasteiger charge is 2.41. The van der Waals surface area contributed by atoms with Crippen LogP contribution in [0.5, 0.6) is 17.2 Å². The zero-order chi connectivity index (χ0) is 24.8. The highest BCUT2D eigenvalue weighted by atomic mass is 19.3. The fraction of sp³-hybridized carbons (Fsp3) is 0.500. The molecule has 2 rings (SSSR count). The lowest BCUT2D eigenvalue weighted by molar-refractivity contribution is -0.148. The van der Waals surface area contributed by atoms with Gasteiger partial charge in [0.15, 0.2) is 6.61 Å². The van der Waals surface area contributed by atoms with E-state index in [2.05, 4.69) is 11.7 Å². The molecule has 0 spiro atoms. The minimum Gasteiger partial charge on any atom is -0.494 e. The van der Waals surface area contributed by atoms with Crippen LogP contribution < -0.4 is 14.2 Å². The molecule has 8 heteroatoms. The van der Waals surface area contributed by atoms with E-state index in [9.17, 15) is 22.4 Å². The molecule has 188 valence electrons. The molecule has 0 aliphatic rings. The van der Waals surface area contributed by atoms with Gasteiger partial charge in [-0.2, -0.15) is 8.78 Å². The van der Waals surface area contributed by atoms with Gasteiger partial charge in [0.2, 0.25) is 0 Å². The Balaban J connectivity index is 1.70. The average molecular weight is 485 g/mol. The van der Waals surface area contributed by atoms with E-state index < -0.39 is 24.9 Å². The van der Waals surface area contributed by atoms with Crippen LogP contribution in [0.4, 0.5) is 17.6 Å². The van der Waals surface area contributed by atoms with Crippen LogP contribution in [0.2, 0.25) is 0 Å². The van der Waals surface area contributed by atoms with Crippen LogP contribution in [0, 0.1) is 0 Å². The first-order chi connectivity index (χ1) is 16.3. The summed E-state index contributed by atoms with van der Waals surface area (Å²) in [5.74, 6) is -4.06. The second-order valence-electron chi connectivity index (χ2n) is 8.06. The number of esters is 1. The van der Waals surface area contributed by atoms with E-state index in [0.29, 0.717) is 17.9 Å². The monoisotopic (exact) mass is 484 g/mol. The van der Waals surface area contributed by atoms with Crippen molar-refractivity contribution in [3.05, 3.63) is 54.1 Å². The van der Waals surface area contributed by atoms with Crippen LogP contribution in [0.15, 0.2) is 48.5 Å². The van der Waals surface area contributed by atoms with E-state index in [4.69, 9.17) is 9.47 Å². The summed E-state index contributed by atoms with van der Waals surface area (Å²) in [5.41, 5.74) is 0.316. The van der Waals surface area contributed by atoms with Crippen molar-refractivity contribution in [2.45, 2.75) is 70.6 Å². The first-order valence-electron chi connectivity index (χ1n) is 11.7. The number of rotatable bonds is 16. The van der Waals surface area contributed by atoms with E-state index in [1.54, 1.807) is 24.3 Å². The molecule has 0 aliphatic carbocycles. The molecule has 0 aliphatic heterocycles. The van der Waals surface area contributed by atoms with Crippen molar-refractivity contribution in [1.82, 2.24) is 0 Å². The van der Waals surface area contributed by atoms with Crippen LogP contribution in [-0.2, 0) is 0 Å². The molecule has 0 heterocycles. The Hall–Kier alpha value is -2.77. The highest BCUT2D eigenvalue weighted by Crippen LogP contribution is 2.25. The molecule has 0 aromatic heterocycles. The van der Waals surface area contributed by atoms with Gasteiger partial charge in [0, 0.05) is 0 Å². The largest absolute Gasteiger partial charge is 0.494 e. The number of carbonyl (C=O) groups is 1. The number of ether oxygens (including phenoxy) is 3. The van der Waals surface area contributed by atoms with E-state index in [1.807, 2.05) is 0 Å². The fourth-order valence-electron chi connectivity index (χ4n) is 3.13. The van der Waals surface area contributed by atoms with Crippen LogP contribution in [0.25, 0.3) is 0 Å². The van der Waals surface area contributed by atoms with E-state index >= 15 is 0 Å². The topological polar surface area (TPSA) is 44.8 Å². The van der Waals surface area contributed by atoms with Crippen LogP contribution >= 0.6 is 0 Å². The third kappa shape index (κ3) is 10.0. The van der Waals surface area contributed by atoms with Gasteiger partial charge >= 0.3 is 18.3 Å². The summed E-state index contributed by atoms with van der Waals surface area (Å²) in [6.07, 6.45) is 5.96. The average Bonchev–Trinajstić information content (AvgIpc) is 2.83. The van der Waals surface area contributed by atoms with Gasteiger partial charge in [-0.25, -0.2) is 13.6 Å². The van der Waals surface area contributed by atoms with Crippen molar-refractivity contribution in [3.8, 4) is 17.2 Å². The zero-order valence-electron chi connectivity index (χ0n) is 19.4. The lowest BCUT2D eigenvalue weighted by Gasteiger charge is -2.16. The molecule has 0 amide bonds. The lowest BCUT2D eigenvalue weighted by Crippen LogP contribution is -2.33. The fourth-order valence-corrected chi connectivity index (χ4v) is 3.13. The number of unbranched alkanes of at least 4 members (excludes halogenated alkanes) is 7. The van der Waals surface area contributed by atoms with Crippen molar-refractivity contribution in [1.29, 1.82) is 0 Å². The van der Waals surface area contributed by atoms with Gasteiger partial charge in [0.05, 0.1) is 12.2 Å². The highest BCUT2D eigenvalue weighted by molar-refractivity contribution is 5.91. The van der Waals surface area contributed by atoms with Gasteiger partial charge in [0.25, 0.3) is 0 Å². The van der Waals surface area contributed by atoms with Crippen molar-refractivity contribution in [3.63, 3.8) is 0 Å². The molecular weight excluding hydrogens is 452 g/mol. The van der Waals surface area contributed by atoms with Crippen molar-refractivity contribution in [2.24, 2.45) is 0 Å². The summed E-state index contributed by atoms with van der Waals surface area (Å²) >= 11 is 0. The number of alkyl halides is 4.